The second-order valence-corrected chi connectivity index (χ2v) is 8.13. The lowest BCUT2D eigenvalue weighted by Crippen LogP contribution is -2.50. The van der Waals surface area contributed by atoms with Crippen LogP contribution in [-0.4, -0.2) is 41.1 Å². The lowest BCUT2D eigenvalue weighted by atomic mass is 9.85. The van der Waals surface area contributed by atoms with E-state index in [4.69, 9.17) is 4.74 Å². The quantitative estimate of drug-likeness (QED) is 0.327. The van der Waals surface area contributed by atoms with Gasteiger partial charge in [0.1, 0.15) is 6.04 Å². The molecule has 6 nitrogen and oxygen atoms in total. The van der Waals surface area contributed by atoms with Gasteiger partial charge < -0.3 is 4.74 Å². The van der Waals surface area contributed by atoms with Crippen LogP contribution in [0.15, 0.2) is 42.5 Å². The number of ketones is 1. The number of Topliss-reactive ketones (excluding diaryl/α,β-unsaturated/α-hetero) is 1. The van der Waals surface area contributed by atoms with Crippen LogP contribution in [0.25, 0.3) is 0 Å². The van der Waals surface area contributed by atoms with E-state index in [1.807, 2.05) is 12.2 Å². The second-order valence-electron chi connectivity index (χ2n) is 8.13. The van der Waals surface area contributed by atoms with E-state index in [0.29, 0.717) is 5.56 Å². The number of hydrogen-bond acceptors (Lipinski definition) is 5. The molecule has 3 aliphatic rings. The summed E-state index contributed by atoms with van der Waals surface area (Å²) in [6.07, 6.45) is 4.87. The first-order valence-electron chi connectivity index (χ1n) is 9.70. The van der Waals surface area contributed by atoms with Crippen LogP contribution in [0.2, 0.25) is 0 Å². The topological polar surface area (TPSA) is 80.8 Å². The van der Waals surface area contributed by atoms with Gasteiger partial charge in [-0.1, -0.05) is 56.3 Å². The summed E-state index contributed by atoms with van der Waals surface area (Å²) >= 11 is 0. The molecule has 0 aromatic heterocycles. The van der Waals surface area contributed by atoms with Gasteiger partial charge in [-0.2, -0.15) is 0 Å². The summed E-state index contributed by atoms with van der Waals surface area (Å²) in [5, 5.41) is 0. The maximum atomic E-state index is 13.0. The van der Waals surface area contributed by atoms with Crippen molar-refractivity contribution in [3.05, 3.63) is 48.0 Å². The van der Waals surface area contributed by atoms with E-state index in [1.54, 1.807) is 44.2 Å². The molecule has 0 radical (unpaired) electrons. The van der Waals surface area contributed by atoms with Crippen LogP contribution in [0.5, 0.6) is 0 Å². The molecule has 5 atom stereocenters. The number of fused-ring (bicyclic) bond motifs is 5. The van der Waals surface area contributed by atoms with Gasteiger partial charge in [0.05, 0.1) is 11.8 Å². The molecular weight excluding hydrogens is 358 g/mol. The Morgan fingerprint density at radius 1 is 1.04 bits per heavy atom. The van der Waals surface area contributed by atoms with Crippen LogP contribution in [0.3, 0.4) is 0 Å². The van der Waals surface area contributed by atoms with Crippen molar-refractivity contribution >= 4 is 23.6 Å². The van der Waals surface area contributed by atoms with Crippen LogP contribution in [0.4, 0.5) is 0 Å². The Kier molecular flexibility index (Phi) is 4.65. The Bertz CT molecular complexity index is 829. The van der Waals surface area contributed by atoms with Gasteiger partial charge in [0.15, 0.2) is 12.4 Å². The predicted molar refractivity (Wildman–Crippen MR) is 99.9 cm³/mol. The molecule has 0 spiro atoms. The monoisotopic (exact) mass is 381 g/mol. The van der Waals surface area contributed by atoms with E-state index in [2.05, 4.69) is 0 Å². The maximum absolute atomic E-state index is 13.0. The van der Waals surface area contributed by atoms with E-state index in [9.17, 15) is 19.2 Å². The van der Waals surface area contributed by atoms with Crippen molar-refractivity contribution in [1.29, 1.82) is 0 Å². The molecule has 1 heterocycles. The largest absolute Gasteiger partial charge is 0.456 e. The van der Waals surface area contributed by atoms with E-state index >= 15 is 0 Å². The number of ether oxygens (including phenoxy) is 1. The van der Waals surface area contributed by atoms with E-state index in [-0.39, 0.29) is 47.2 Å². The molecule has 1 saturated carbocycles. The third-order valence-electron chi connectivity index (χ3n) is 6.10. The van der Waals surface area contributed by atoms with Gasteiger partial charge in [-0.15, -0.1) is 0 Å². The highest BCUT2D eigenvalue weighted by Gasteiger charge is 2.61. The first-order chi connectivity index (χ1) is 13.4. The Labute approximate surface area is 163 Å². The number of carbonyl (C=O) groups excluding carboxylic acids is 4. The van der Waals surface area contributed by atoms with Crippen molar-refractivity contribution in [2.45, 2.75) is 26.3 Å². The molecule has 1 aromatic rings. The minimum absolute atomic E-state index is 0.0833. The van der Waals surface area contributed by atoms with Gasteiger partial charge in [0.2, 0.25) is 11.8 Å². The van der Waals surface area contributed by atoms with Gasteiger partial charge in [-0.25, -0.2) is 4.79 Å². The number of amides is 2. The number of esters is 1. The van der Waals surface area contributed by atoms with Crippen LogP contribution in [-0.2, 0) is 19.1 Å². The van der Waals surface area contributed by atoms with Crippen molar-refractivity contribution in [2.75, 3.05) is 6.61 Å². The third-order valence-corrected chi connectivity index (χ3v) is 6.10. The molecular formula is C22H23NO5. The average molecular weight is 381 g/mol. The average Bonchev–Trinajstić information content (AvgIpc) is 3.36. The molecule has 2 bridgehead atoms. The minimum atomic E-state index is -1.01. The van der Waals surface area contributed by atoms with Crippen molar-refractivity contribution in [2.24, 2.45) is 29.6 Å². The summed E-state index contributed by atoms with van der Waals surface area (Å²) in [5.74, 6) is -2.45. The van der Waals surface area contributed by atoms with Crippen molar-refractivity contribution in [3.63, 3.8) is 0 Å². The molecule has 0 unspecified atom stereocenters. The molecule has 1 aliphatic heterocycles. The van der Waals surface area contributed by atoms with Crippen molar-refractivity contribution < 1.29 is 23.9 Å². The number of allylic oxidation sites excluding steroid dienone is 2. The second kappa shape index (κ2) is 7.00. The zero-order valence-electron chi connectivity index (χ0n) is 15.9. The third kappa shape index (κ3) is 2.87. The predicted octanol–water partition coefficient (Wildman–Crippen LogP) is 2.24. The standard InChI is InChI=1S/C22H23NO5/c1-12(2)19(22(27)28-11-16(24)13-6-4-3-5-7-13)23-20(25)17-14-8-9-15(10-14)18(17)21(23)26/h3-9,12,14-15,17-19H,10-11H2,1-2H3/t14-,15-,17+,18+,19+/m0/s1. The number of nitrogens with zero attached hydrogens (tertiary/aromatic N) is 1. The molecule has 1 saturated heterocycles. The van der Waals surface area contributed by atoms with Gasteiger partial charge in [0, 0.05) is 5.56 Å². The lowest BCUT2D eigenvalue weighted by molar-refractivity contribution is -0.160. The number of rotatable bonds is 6. The normalized spacial score (nSPS) is 28.8. The summed E-state index contributed by atoms with van der Waals surface area (Å²) in [6, 6.07) is 7.54. The van der Waals surface area contributed by atoms with Crippen LogP contribution < -0.4 is 0 Å². The van der Waals surface area contributed by atoms with Gasteiger partial charge in [-0.05, 0) is 24.2 Å². The highest BCUT2D eigenvalue weighted by Crippen LogP contribution is 2.53. The first-order valence-corrected chi connectivity index (χ1v) is 9.70. The highest BCUT2D eigenvalue weighted by atomic mass is 16.5. The Morgan fingerprint density at radius 2 is 1.61 bits per heavy atom. The summed E-state index contributed by atoms with van der Waals surface area (Å²) in [6.45, 7) is 3.13. The minimum Gasteiger partial charge on any atom is -0.456 e. The highest BCUT2D eigenvalue weighted by molar-refractivity contribution is 6.09. The molecule has 4 rings (SSSR count). The lowest BCUT2D eigenvalue weighted by Gasteiger charge is -2.28. The van der Waals surface area contributed by atoms with E-state index in [0.717, 1.165) is 11.3 Å². The number of hydrogen-bond donors (Lipinski definition) is 0. The fourth-order valence-corrected chi connectivity index (χ4v) is 4.80. The Balaban J connectivity index is 1.48. The van der Waals surface area contributed by atoms with Crippen molar-refractivity contribution in [3.8, 4) is 0 Å². The molecule has 6 heteroatoms. The maximum Gasteiger partial charge on any atom is 0.330 e. The van der Waals surface area contributed by atoms with Crippen LogP contribution in [0, 0.1) is 29.6 Å². The fraction of sp³-hybridized carbons (Fsp3) is 0.455. The molecule has 1 aromatic carbocycles. The zero-order valence-corrected chi connectivity index (χ0v) is 15.9. The molecule has 2 amide bonds. The summed E-state index contributed by atoms with van der Waals surface area (Å²) < 4.78 is 5.23. The fourth-order valence-electron chi connectivity index (χ4n) is 4.80. The summed E-state index contributed by atoms with van der Waals surface area (Å²) in [5.41, 5.74) is 0.446. The number of imide groups is 1. The van der Waals surface area contributed by atoms with Crippen LogP contribution >= 0.6 is 0 Å². The van der Waals surface area contributed by atoms with Crippen molar-refractivity contribution in [1.82, 2.24) is 4.90 Å². The Hall–Kier alpha value is -2.76. The smallest absolute Gasteiger partial charge is 0.330 e. The van der Waals surface area contributed by atoms with Crippen LogP contribution in [0.1, 0.15) is 30.6 Å². The number of likely N-dealkylation sites (tertiary alicyclic amines) is 1. The van der Waals surface area contributed by atoms with E-state index < -0.39 is 18.6 Å². The molecule has 0 N–H and O–H groups in total. The van der Waals surface area contributed by atoms with Gasteiger partial charge in [0.25, 0.3) is 0 Å². The Morgan fingerprint density at radius 3 is 2.14 bits per heavy atom. The molecule has 28 heavy (non-hydrogen) atoms. The number of carbonyl (C=O) groups is 4. The molecule has 146 valence electrons. The summed E-state index contributed by atoms with van der Waals surface area (Å²) in [4.78, 5) is 52.1. The number of benzene rings is 1. The first kappa shape index (κ1) is 18.6. The zero-order chi connectivity index (χ0) is 20.0. The molecule has 2 aliphatic carbocycles. The van der Waals surface area contributed by atoms with E-state index in [1.165, 1.54) is 0 Å². The van der Waals surface area contributed by atoms with Gasteiger partial charge >= 0.3 is 5.97 Å². The molecule has 2 fully saturated rings. The van der Waals surface area contributed by atoms with Gasteiger partial charge in [-0.3, -0.25) is 19.3 Å². The SMILES string of the molecule is CC(C)[C@H](C(=O)OCC(=O)c1ccccc1)N1C(=O)[C@H]2[C@H](C1=O)[C@H]1C=C[C@H]2C1. The summed E-state index contributed by atoms with van der Waals surface area (Å²) in [7, 11) is 0.